The second-order valence-electron chi connectivity index (χ2n) is 4.44. The van der Waals surface area contributed by atoms with E-state index in [1.165, 1.54) is 25.1 Å². The third kappa shape index (κ3) is 2.80. The average molecular weight is 251 g/mol. The van der Waals surface area contributed by atoms with Gasteiger partial charge in [-0.25, -0.2) is 4.79 Å². The molecule has 0 spiro atoms. The minimum atomic E-state index is -1.29. The Hall–Kier alpha value is -2.04. The number of aromatic hydroxyl groups is 1. The summed E-state index contributed by atoms with van der Waals surface area (Å²) >= 11 is 0. The van der Waals surface area contributed by atoms with Crippen molar-refractivity contribution in [3.8, 4) is 5.75 Å². The molecular weight excluding hydrogens is 234 g/mol. The molecule has 0 fully saturated rings. The molecule has 0 radical (unpaired) electrons. The Morgan fingerprint density at radius 3 is 2.44 bits per heavy atom. The monoisotopic (exact) mass is 251 g/mol. The van der Waals surface area contributed by atoms with Crippen molar-refractivity contribution in [2.45, 2.75) is 32.7 Å². The van der Waals surface area contributed by atoms with E-state index in [0.29, 0.717) is 11.1 Å². The largest absolute Gasteiger partial charge is 0.508 e. The number of carbonyl (C=O) groups is 2. The second kappa shape index (κ2) is 5.08. The zero-order valence-corrected chi connectivity index (χ0v) is 10.7. The van der Waals surface area contributed by atoms with Gasteiger partial charge in [0.15, 0.2) is 0 Å². The average Bonchev–Trinajstić information content (AvgIpc) is 2.28. The molecule has 1 amide bonds. The predicted molar refractivity (Wildman–Crippen MR) is 66.6 cm³/mol. The molecular formula is C13H17NO4. The Labute approximate surface area is 105 Å². The molecule has 0 heterocycles. The molecule has 0 aliphatic rings. The molecule has 0 bridgehead atoms. The van der Waals surface area contributed by atoms with Crippen LogP contribution in [-0.2, 0) is 4.79 Å². The molecule has 1 rings (SSSR count). The van der Waals surface area contributed by atoms with Crippen LogP contribution in [0.2, 0.25) is 0 Å². The summed E-state index contributed by atoms with van der Waals surface area (Å²) < 4.78 is 0. The first-order valence-corrected chi connectivity index (χ1v) is 5.65. The van der Waals surface area contributed by atoms with Gasteiger partial charge in [0.1, 0.15) is 11.3 Å². The first kappa shape index (κ1) is 14.0. The summed E-state index contributed by atoms with van der Waals surface area (Å²) in [5.74, 6) is -1.46. The number of hydrogen-bond acceptors (Lipinski definition) is 3. The highest BCUT2D eigenvalue weighted by Gasteiger charge is 2.33. The third-order valence-electron chi connectivity index (χ3n) is 3.02. The summed E-state index contributed by atoms with van der Waals surface area (Å²) in [6, 6.07) is 4.32. The minimum Gasteiger partial charge on any atom is -0.508 e. The van der Waals surface area contributed by atoms with E-state index in [4.69, 9.17) is 5.11 Å². The number of aliphatic carboxylic acids is 1. The number of amides is 1. The Morgan fingerprint density at radius 1 is 1.39 bits per heavy atom. The lowest BCUT2D eigenvalue weighted by molar-refractivity contribution is -0.143. The van der Waals surface area contributed by atoms with Crippen LogP contribution in [0, 0.1) is 6.92 Å². The summed E-state index contributed by atoms with van der Waals surface area (Å²) in [5, 5.41) is 20.8. The first-order valence-electron chi connectivity index (χ1n) is 5.65. The maximum Gasteiger partial charge on any atom is 0.329 e. The fraction of sp³-hybridized carbons (Fsp3) is 0.385. The number of aryl methyl sites for hydroxylation is 1. The smallest absolute Gasteiger partial charge is 0.329 e. The molecule has 0 saturated heterocycles. The summed E-state index contributed by atoms with van der Waals surface area (Å²) in [5.41, 5.74) is -0.341. The highest BCUT2D eigenvalue weighted by atomic mass is 16.4. The molecule has 3 N–H and O–H groups in total. The van der Waals surface area contributed by atoms with Gasteiger partial charge in [-0.05, 0) is 44.0 Å². The van der Waals surface area contributed by atoms with Gasteiger partial charge in [-0.15, -0.1) is 0 Å². The van der Waals surface area contributed by atoms with E-state index in [-0.39, 0.29) is 12.2 Å². The van der Waals surface area contributed by atoms with Gasteiger partial charge >= 0.3 is 5.97 Å². The van der Waals surface area contributed by atoms with Crippen LogP contribution in [0.15, 0.2) is 18.2 Å². The molecule has 5 nitrogen and oxygen atoms in total. The van der Waals surface area contributed by atoms with Gasteiger partial charge in [0.2, 0.25) is 0 Å². The van der Waals surface area contributed by atoms with Gasteiger partial charge in [0, 0.05) is 5.56 Å². The quantitative estimate of drug-likeness (QED) is 0.760. The van der Waals surface area contributed by atoms with Gasteiger partial charge in [-0.3, -0.25) is 4.79 Å². The Kier molecular flexibility index (Phi) is 3.96. The normalized spacial score (nSPS) is 13.7. The van der Waals surface area contributed by atoms with Crippen molar-refractivity contribution in [2.75, 3.05) is 0 Å². The topological polar surface area (TPSA) is 86.6 Å². The van der Waals surface area contributed by atoms with Crippen molar-refractivity contribution in [2.24, 2.45) is 0 Å². The van der Waals surface area contributed by atoms with Gasteiger partial charge in [0.05, 0.1) is 0 Å². The summed E-state index contributed by atoms with van der Waals surface area (Å²) in [7, 11) is 0. The Balaban J connectivity index is 2.98. The molecule has 1 atom stereocenters. The minimum absolute atomic E-state index is 0.0699. The second-order valence-corrected chi connectivity index (χ2v) is 4.44. The summed E-state index contributed by atoms with van der Waals surface area (Å²) in [6.45, 7) is 4.83. The molecule has 0 aliphatic heterocycles. The van der Waals surface area contributed by atoms with E-state index < -0.39 is 17.4 Å². The maximum absolute atomic E-state index is 12.0. The van der Waals surface area contributed by atoms with Crippen LogP contribution in [0.25, 0.3) is 0 Å². The Morgan fingerprint density at radius 2 is 2.00 bits per heavy atom. The molecule has 5 heteroatoms. The van der Waals surface area contributed by atoms with E-state index in [1.54, 1.807) is 13.8 Å². The number of carboxylic acids is 1. The lowest BCUT2D eigenvalue weighted by Gasteiger charge is -2.25. The van der Waals surface area contributed by atoms with Crippen molar-refractivity contribution < 1.29 is 19.8 Å². The van der Waals surface area contributed by atoms with Gasteiger partial charge in [0.25, 0.3) is 5.91 Å². The lowest BCUT2D eigenvalue weighted by Crippen LogP contribution is -2.51. The molecule has 0 saturated carbocycles. The number of hydrogen-bond donors (Lipinski definition) is 3. The van der Waals surface area contributed by atoms with Crippen molar-refractivity contribution in [3.63, 3.8) is 0 Å². The van der Waals surface area contributed by atoms with Crippen LogP contribution in [0.3, 0.4) is 0 Å². The number of benzene rings is 1. The van der Waals surface area contributed by atoms with Gasteiger partial charge in [-0.1, -0.05) is 6.92 Å². The molecule has 98 valence electrons. The maximum atomic E-state index is 12.0. The van der Waals surface area contributed by atoms with E-state index in [2.05, 4.69) is 5.32 Å². The van der Waals surface area contributed by atoms with Gasteiger partial charge < -0.3 is 15.5 Å². The molecule has 1 unspecified atom stereocenters. The van der Waals surface area contributed by atoms with E-state index in [9.17, 15) is 14.7 Å². The van der Waals surface area contributed by atoms with Crippen LogP contribution in [-0.4, -0.2) is 27.6 Å². The van der Waals surface area contributed by atoms with Crippen LogP contribution < -0.4 is 5.32 Å². The van der Waals surface area contributed by atoms with Crippen molar-refractivity contribution in [1.82, 2.24) is 5.32 Å². The number of rotatable bonds is 4. The summed E-state index contributed by atoms with van der Waals surface area (Å²) in [6.07, 6.45) is 0.283. The molecule has 0 aromatic heterocycles. The van der Waals surface area contributed by atoms with Crippen LogP contribution in [0.4, 0.5) is 0 Å². The van der Waals surface area contributed by atoms with E-state index in [1.807, 2.05) is 0 Å². The molecule has 1 aromatic carbocycles. The van der Waals surface area contributed by atoms with Gasteiger partial charge in [-0.2, -0.15) is 0 Å². The predicted octanol–water partition coefficient (Wildman–Crippen LogP) is 1.68. The molecule has 18 heavy (non-hydrogen) atoms. The van der Waals surface area contributed by atoms with Crippen molar-refractivity contribution >= 4 is 11.9 Å². The third-order valence-corrected chi connectivity index (χ3v) is 3.02. The first-order chi connectivity index (χ1) is 8.30. The summed E-state index contributed by atoms with van der Waals surface area (Å²) in [4.78, 5) is 23.1. The van der Waals surface area contributed by atoms with Crippen molar-refractivity contribution in [1.29, 1.82) is 0 Å². The number of nitrogens with one attached hydrogen (secondary N) is 1. The number of phenols is 1. The van der Waals surface area contributed by atoms with E-state index >= 15 is 0 Å². The zero-order valence-electron chi connectivity index (χ0n) is 10.7. The number of carboxylic acid groups (broad SMARTS) is 1. The standard InChI is InChI=1S/C13H17NO4/c1-4-13(3,12(17)18)14-11(16)10-6-5-9(15)7-8(10)2/h5-7,15H,4H2,1-3H3,(H,14,16)(H,17,18). The highest BCUT2D eigenvalue weighted by molar-refractivity contribution is 5.98. The molecule has 1 aromatic rings. The van der Waals surface area contributed by atoms with E-state index in [0.717, 1.165) is 0 Å². The zero-order chi connectivity index (χ0) is 13.9. The fourth-order valence-corrected chi connectivity index (χ4v) is 1.51. The van der Waals surface area contributed by atoms with Crippen LogP contribution in [0.5, 0.6) is 5.75 Å². The number of carbonyl (C=O) groups excluding carboxylic acids is 1. The molecule has 0 aliphatic carbocycles. The fourth-order valence-electron chi connectivity index (χ4n) is 1.51. The SMILES string of the molecule is CCC(C)(NC(=O)c1ccc(O)cc1C)C(=O)O. The van der Waals surface area contributed by atoms with Crippen LogP contribution in [0.1, 0.15) is 36.2 Å². The highest BCUT2D eigenvalue weighted by Crippen LogP contribution is 2.17. The lowest BCUT2D eigenvalue weighted by atomic mass is 9.98. The van der Waals surface area contributed by atoms with Crippen molar-refractivity contribution in [3.05, 3.63) is 29.3 Å². The Bertz CT molecular complexity index is 484. The van der Waals surface area contributed by atoms with Crippen LogP contribution >= 0.6 is 0 Å². The number of phenolic OH excluding ortho intramolecular Hbond substituents is 1.